The second kappa shape index (κ2) is 7.82. The van der Waals surface area contributed by atoms with E-state index in [4.69, 9.17) is 4.74 Å². The summed E-state index contributed by atoms with van der Waals surface area (Å²) in [4.78, 5) is 10.2. The van der Waals surface area contributed by atoms with E-state index in [9.17, 15) is 13.2 Å². The number of rotatable bonds is 5. The third kappa shape index (κ3) is 4.92. The summed E-state index contributed by atoms with van der Waals surface area (Å²) in [6.45, 7) is 2.80. The summed E-state index contributed by atoms with van der Waals surface area (Å²) in [6, 6.07) is 6.19. The van der Waals surface area contributed by atoms with Crippen molar-refractivity contribution in [2.45, 2.75) is 25.6 Å². The quantitative estimate of drug-likeness (QED) is 0.822. The Morgan fingerprint density at radius 2 is 2.04 bits per heavy atom. The average Bonchev–Trinajstić information content (AvgIpc) is 2.61. The van der Waals surface area contributed by atoms with Crippen LogP contribution in [0.15, 0.2) is 42.9 Å². The Balaban J connectivity index is 1.57. The van der Waals surface area contributed by atoms with Crippen molar-refractivity contribution < 1.29 is 17.9 Å². The topological polar surface area (TPSA) is 38.2 Å². The van der Waals surface area contributed by atoms with Gasteiger partial charge in [0, 0.05) is 37.6 Å². The van der Waals surface area contributed by atoms with Crippen LogP contribution in [0.2, 0.25) is 0 Å². The molecule has 1 atom stereocenters. The number of piperidine rings is 1. The van der Waals surface area contributed by atoms with Gasteiger partial charge in [-0.15, -0.1) is 0 Å². The molecular weight excluding hydrogens is 331 g/mol. The molecule has 7 heteroatoms. The number of likely N-dealkylation sites (tertiary alicyclic amines) is 1. The van der Waals surface area contributed by atoms with Gasteiger partial charge < -0.3 is 4.74 Å². The molecule has 2 aromatic heterocycles. The fraction of sp³-hybridized carbons (Fsp3) is 0.444. The number of pyridine rings is 2. The van der Waals surface area contributed by atoms with E-state index in [-0.39, 0.29) is 18.4 Å². The first-order valence-corrected chi connectivity index (χ1v) is 8.28. The van der Waals surface area contributed by atoms with Crippen molar-refractivity contribution in [1.29, 1.82) is 0 Å². The molecule has 4 nitrogen and oxygen atoms in total. The van der Waals surface area contributed by atoms with Crippen LogP contribution in [0.3, 0.4) is 0 Å². The normalized spacial score (nSPS) is 18.9. The van der Waals surface area contributed by atoms with E-state index in [0.29, 0.717) is 0 Å². The van der Waals surface area contributed by atoms with E-state index in [0.717, 1.165) is 44.1 Å². The lowest BCUT2D eigenvalue weighted by Crippen LogP contribution is -2.37. The third-order valence-corrected chi connectivity index (χ3v) is 4.26. The van der Waals surface area contributed by atoms with Crippen molar-refractivity contribution in [1.82, 2.24) is 14.9 Å². The Kier molecular flexibility index (Phi) is 5.53. The summed E-state index contributed by atoms with van der Waals surface area (Å²) in [5, 5.41) is 0. The lowest BCUT2D eigenvalue weighted by atomic mass is 9.98. The largest absolute Gasteiger partial charge is 0.477 e. The summed E-state index contributed by atoms with van der Waals surface area (Å²) in [7, 11) is 0. The Bertz CT molecular complexity index is 679. The maximum Gasteiger partial charge on any atom is 0.421 e. The number of nitrogens with zero attached hydrogens (tertiary/aromatic N) is 3. The maximum atomic E-state index is 13.0. The minimum atomic E-state index is -4.46. The molecule has 0 aliphatic carbocycles. The van der Waals surface area contributed by atoms with Crippen molar-refractivity contribution >= 4 is 0 Å². The number of aromatic nitrogens is 2. The second-order valence-electron chi connectivity index (χ2n) is 6.27. The van der Waals surface area contributed by atoms with Gasteiger partial charge in [-0.3, -0.25) is 9.88 Å². The monoisotopic (exact) mass is 351 g/mol. The van der Waals surface area contributed by atoms with Gasteiger partial charge in [-0.25, -0.2) is 4.98 Å². The zero-order chi connectivity index (χ0) is 17.7. The molecule has 0 bridgehead atoms. The van der Waals surface area contributed by atoms with Crippen LogP contribution in [-0.4, -0.2) is 34.6 Å². The fourth-order valence-electron chi connectivity index (χ4n) is 3.10. The Morgan fingerprint density at radius 1 is 1.20 bits per heavy atom. The molecule has 2 aromatic rings. The first kappa shape index (κ1) is 17.7. The molecule has 1 saturated heterocycles. The van der Waals surface area contributed by atoms with E-state index >= 15 is 0 Å². The summed E-state index contributed by atoms with van der Waals surface area (Å²) in [6.07, 6.45) is 2.38. The van der Waals surface area contributed by atoms with E-state index in [1.807, 2.05) is 18.3 Å². The van der Waals surface area contributed by atoms with E-state index in [1.165, 1.54) is 12.3 Å². The fourth-order valence-corrected chi connectivity index (χ4v) is 3.10. The molecular formula is C18H20F3N3O. The molecule has 1 fully saturated rings. The van der Waals surface area contributed by atoms with Crippen LogP contribution in [0.1, 0.15) is 24.0 Å². The molecule has 1 unspecified atom stereocenters. The first-order valence-electron chi connectivity index (χ1n) is 8.28. The van der Waals surface area contributed by atoms with Gasteiger partial charge in [0.25, 0.3) is 0 Å². The lowest BCUT2D eigenvalue weighted by molar-refractivity contribution is -0.139. The van der Waals surface area contributed by atoms with Gasteiger partial charge in [-0.1, -0.05) is 6.07 Å². The summed E-state index contributed by atoms with van der Waals surface area (Å²) >= 11 is 0. The Labute approximate surface area is 144 Å². The van der Waals surface area contributed by atoms with Gasteiger partial charge in [-0.05, 0) is 43.1 Å². The first-order chi connectivity index (χ1) is 12.0. The highest BCUT2D eigenvalue weighted by atomic mass is 19.4. The molecule has 1 aliphatic rings. The predicted octanol–water partition coefficient (Wildman–Crippen LogP) is 3.79. The van der Waals surface area contributed by atoms with Crippen LogP contribution in [-0.2, 0) is 12.7 Å². The van der Waals surface area contributed by atoms with E-state index in [2.05, 4.69) is 14.9 Å². The standard InChI is InChI=1S/C18H20F3N3O/c19-18(20,21)16-6-2-8-23-17(16)25-13-15-5-3-9-24(12-15)11-14-4-1-7-22-10-14/h1-2,4,6-8,10,15H,3,5,9,11-13H2. The smallest absolute Gasteiger partial charge is 0.421 e. The summed E-state index contributed by atoms with van der Waals surface area (Å²) < 4.78 is 44.4. The van der Waals surface area contributed by atoms with Crippen LogP contribution in [0, 0.1) is 5.92 Å². The van der Waals surface area contributed by atoms with Crippen LogP contribution in [0.25, 0.3) is 0 Å². The lowest BCUT2D eigenvalue weighted by Gasteiger charge is -2.32. The zero-order valence-corrected chi connectivity index (χ0v) is 13.7. The molecule has 0 aromatic carbocycles. The molecule has 0 N–H and O–H groups in total. The van der Waals surface area contributed by atoms with Gasteiger partial charge in [-0.2, -0.15) is 13.2 Å². The van der Waals surface area contributed by atoms with Crippen LogP contribution < -0.4 is 4.74 Å². The van der Waals surface area contributed by atoms with Crippen molar-refractivity contribution in [3.63, 3.8) is 0 Å². The van der Waals surface area contributed by atoms with Crippen LogP contribution >= 0.6 is 0 Å². The second-order valence-corrected chi connectivity index (χ2v) is 6.27. The summed E-state index contributed by atoms with van der Waals surface area (Å²) in [5.41, 5.74) is 0.311. The van der Waals surface area contributed by atoms with E-state index in [1.54, 1.807) is 6.20 Å². The average molecular weight is 351 g/mol. The Morgan fingerprint density at radius 3 is 2.80 bits per heavy atom. The molecule has 0 radical (unpaired) electrons. The Hall–Kier alpha value is -2.15. The molecule has 3 heterocycles. The van der Waals surface area contributed by atoms with Crippen LogP contribution in [0.5, 0.6) is 5.88 Å². The number of alkyl halides is 3. The van der Waals surface area contributed by atoms with Crippen LogP contribution in [0.4, 0.5) is 13.2 Å². The van der Waals surface area contributed by atoms with Gasteiger partial charge in [0.05, 0.1) is 6.61 Å². The molecule has 0 spiro atoms. The number of halogens is 3. The molecule has 0 amide bonds. The molecule has 1 aliphatic heterocycles. The van der Waals surface area contributed by atoms with Gasteiger partial charge in [0.1, 0.15) is 5.56 Å². The van der Waals surface area contributed by atoms with Gasteiger partial charge >= 0.3 is 6.18 Å². The SMILES string of the molecule is FC(F)(F)c1cccnc1OCC1CCCN(Cc2cccnc2)C1. The molecule has 3 rings (SSSR count). The third-order valence-electron chi connectivity index (χ3n) is 4.26. The molecule has 25 heavy (non-hydrogen) atoms. The number of ether oxygens (including phenoxy) is 1. The highest BCUT2D eigenvalue weighted by molar-refractivity contribution is 5.28. The van der Waals surface area contributed by atoms with Crippen molar-refractivity contribution in [3.8, 4) is 5.88 Å². The minimum Gasteiger partial charge on any atom is -0.477 e. The number of hydrogen-bond donors (Lipinski definition) is 0. The van der Waals surface area contributed by atoms with Gasteiger partial charge in [0.15, 0.2) is 0 Å². The van der Waals surface area contributed by atoms with Crippen molar-refractivity contribution in [2.75, 3.05) is 19.7 Å². The summed E-state index contributed by atoms with van der Waals surface area (Å²) in [5.74, 6) is -0.145. The van der Waals surface area contributed by atoms with Gasteiger partial charge in [0.2, 0.25) is 5.88 Å². The highest BCUT2D eigenvalue weighted by Crippen LogP contribution is 2.35. The molecule has 0 saturated carbocycles. The minimum absolute atomic E-state index is 0.188. The molecule has 134 valence electrons. The predicted molar refractivity (Wildman–Crippen MR) is 87.0 cm³/mol. The maximum absolute atomic E-state index is 13.0. The van der Waals surface area contributed by atoms with E-state index < -0.39 is 11.7 Å². The number of hydrogen-bond acceptors (Lipinski definition) is 4. The van der Waals surface area contributed by atoms with Crippen molar-refractivity contribution in [2.24, 2.45) is 5.92 Å². The zero-order valence-electron chi connectivity index (χ0n) is 13.7. The highest BCUT2D eigenvalue weighted by Gasteiger charge is 2.35. The van der Waals surface area contributed by atoms with Crippen molar-refractivity contribution in [3.05, 3.63) is 54.0 Å².